The first-order valence-electron chi connectivity index (χ1n) is 14.4. The van der Waals surface area contributed by atoms with Crippen molar-refractivity contribution in [3.63, 3.8) is 0 Å². The molecule has 0 spiro atoms. The van der Waals surface area contributed by atoms with Crippen molar-refractivity contribution in [1.82, 2.24) is 10.3 Å². The quantitative estimate of drug-likeness (QED) is 0.262. The van der Waals surface area contributed by atoms with Crippen LogP contribution in [0.3, 0.4) is 0 Å². The summed E-state index contributed by atoms with van der Waals surface area (Å²) in [5.41, 5.74) is 10.9. The van der Waals surface area contributed by atoms with Gasteiger partial charge in [0.2, 0.25) is 5.91 Å². The highest BCUT2D eigenvalue weighted by Crippen LogP contribution is 2.50. The number of nitrogens with one attached hydrogen (secondary N) is 2. The van der Waals surface area contributed by atoms with Gasteiger partial charge in [-0.15, -0.1) is 0 Å². The molecule has 1 aliphatic heterocycles. The van der Waals surface area contributed by atoms with Crippen molar-refractivity contribution in [1.29, 1.82) is 0 Å². The number of carbonyl (C=O) groups is 1. The number of fused-ring (bicyclic) bond motifs is 1. The van der Waals surface area contributed by atoms with Crippen LogP contribution >= 0.6 is 0 Å². The average molecular weight is 575 g/mol. The number of furan rings is 1. The van der Waals surface area contributed by atoms with E-state index < -0.39 is 26.7 Å². The normalized spacial score (nSPS) is 18.3. The predicted octanol–water partition coefficient (Wildman–Crippen LogP) is 5.31. The standard InChI is InChI=1S/C32H38N4O4S/c1-20-7-10-23(27(17-20)36-15-5-4-6-16-36)29(28-12-8-21(2)40-28)35-31(37)32(13-14-32)22-9-11-26-24(18-22)25(19-34-26)30(33)41(3,38)39/h7-12,17-19,29-30,34H,4-6,13-16,33H2,1-3H3,(H,35,37). The zero-order chi connectivity index (χ0) is 28.9. The van der Waals surface area contributed by atoms with E-state index in [9.17, 15) is 13.2 Å². The molecule has 4 N–H and O–H groups in total. The number of hydrogen-bond acceptors (Lipinski definition) is 6. The third kappa shape index (κ3) is 5.17. The van der Waals surface area contributed by atoms with Gasteiger partial charge in [-0.05, 0) is 87.4 Å². The molecule has 1 saturated carbocycles. The topological polar surface area (TPSA) is 121 Å². The van der Waals surface area contributed by atoms with E-state index in [-0.39, 0.29) is 5.91 Å². The van der Waals surface area contributed by atoms with Gasteiger partial charge in [0.15, 0.2) is 9.84 Å². The molecule has 6 rings (SSSR count). The van der Waals surface area contributed by atoms with Crippen LogP contribution in [0, 0.1) is 13.8 Å². The van der Waals surface area contributed by atoms with Crippen LogP contribution in [0.1, 0.15) is 77.3 Å². The number of aromatic amines is 1. The highest BCUT2D eigenvalue weighted by atomic mass is 32.2. The number of aromatic nitrogens is 1. The summed E-state index contributed by atoms with van der Waals surface area (Å²) in [6, 6.07) is 15.6. The third-order valence-electron chi connectivity index (χ3n) is 8.73. The van der Waals surface area contributed by atoms with E-state index in [0.717, 1.165) is 65.7 Å². The second kappa shape index (κ2) is 10.4. The summed E-state index contributed by atoms with van der Waals surface area (Å²) in [4.78, 5) is 19.8. The molecule has 8 nitrogen and oxygen atoms in total. The molecule has 2 aromatic heterocycles. The first kappa shape index (κ1) is 27.6. The van der Waals surface area contributed by atoms with Crippen LogP contribution in [-0.2, 0) is 20.0 Å². The minimum Gasteiger partial charge on any atom is -0.464 e. The summed E-state index contributed by atoms with van der Waals surface area (Å²) in [5.74, 6) is 1.43. The maximum atomic E-state index is 14.2. The molecule has 1 amide bonds. The number of nitrogens with zero attached hydrogens (tertiary/aromatic N) is 1. The number of hydrogen-bond donors (Lipinski definition) is 3. The molecular formula is C32H38N4O4S. The number of amides is 1. The summed E-state index contributed by atoms with van der Waals surface area (Å²) < 4.78 is 30.6. The lowest BCUT2D eigenvalue weighted by Crippen LogP contribution is -2.39. The number of sulfone groups is 1. The molecule has 2 atom stereocenters. The van der Waals surface area contributed by atoms with Crippen molar-refractivity contribution >= 4 is 32.3 Å². The Balaban J connectivity index is 1.37. The number of nitrogens with two attached hydrogens (primary N) is 1. The lowest BCUT2D eigenvalue weighted by molar-refractivity contribution is -0.124. The molecule has 41 heavy (non-hydrogen) atoms. The highest BCUT2D eigenvalue weighted by molar-refractivity contribution is 7.90. The molecule has 2 unspecified atom stereocenters. The van der Waals surface area contributed by atoms with Crippen LogP contribution in [0.5, 0.6) is 0 Å². The fourth-order valence-electron chi connectivity index (χ4n) is 6.16. The van der Waals surface area contributed by atoms with E-state index in [0.29, 0.717) is 24.2 Å². The number of aryl methyl sites for hydroxylation is 2. The van der Waals surface area contributed by atoms with Crippen LogP contribution < -0.4 is 16.0 Å². The summed E-state index contributed by atoms with van der Waals surface area (Å²) >= 11 is 0. The van der Waals surface area contributed by atoms with E-state index in [1.165, 1.54) is 12.0 Å². The first-order valence-corrected chi connectivity index (χ1v) is 16.3. The lowest BCUT2D eigenvalue weighted by Gasteiger charge is -2.33. The molecule has 2 aliphatic rings. The molecule has 216 valence electrons. The minimum atomic E-state index is -3.49. The second-order valence-corrected chi connectivity index (χ2v) is 14.0. The Hall–Kier alpha value is -3.56. The smallest absolute Gasteiger partial charge is 0.231 e. The monoisotopic (exact) mass is 574 g/mol. The Morgan fingerprint density at radius 2 is 1.78 bits per heavy atom. The van der Waals surface area contributed by atoms with Crippen LogP contribution in [0.2, 0.25) is 0 Å². The molecule has 4 aromatic rings. The largest absolute Gasteiger partial charge is 0.464 e. The highest BCUT2D eigenvalue weighted by Gasteiger charge is 2.52. The van der Waals surface area contributed by atoms with E-state index >= 15 is 0 Å². The van der Waals surface area contributed by atoms with E-state index in [2.05, 4.69) is 40.3 Å². The Morgan fingerprint density at radius 1 is 1.02 bits per heavy atom. The van der Waals surface area contributed by atoms with Gasteiger partial charge >= 0.3 is 0 Å². The van der Waals surface area contributed by atoms with Gasteiger partial charge in [0.25, 0.3) is 0 Å². The lowest BCUT2D eigenvalue weighted by atomic mass is 9.91. The molecule has 2 fully saturated rings. The SMILES string of the molecule is Cc1ccc(C(NC(=O)C2(c3ccc4[nH]cc(C(N)S(C)(=O)=O)c4c3)CC2)c2ccc(C)o2)c(N2CCCCC2)c1. The maximum Gasteiger partial charge on any atom is 0.231 e. The van der Waals surface area contributed by atoms with Gasteiger partial charge in [-0.2, -0.15) is 0 Å². The molecule has 2 aromatic carbocycles. The fraction of sp³-hybridized carbons (Fsp3) is 0.406. The molecule has 0 radical (unpaired) electrons. The van der Waals surface area contributed by atoms with Crippen molar-refractivity contribution in [3.8, 4) is 0 Å². The van der Waals surface area contributed by atoms with Crippen LogP contribution in [0.25, 0.3) is 10.9 Å². The molecule has 3 heterocycles. The Morgan fingerprint density at radius 3 is 2.44 bits per heavy atom. The molecular weight excluding hydrogens is 536 g/mol. The van der Waals surface area contributed by atoms with Crippen molar-refractivity contribution < 1.29 is 17.6 Å². The van der Waals surface area contributed by atoms with Crippen molar-refractivity contribution in [2.75, 3.05) is 24.2 Å². The van der Waals surface area contributed by atoms with Gasteiger partial charge in [0.05, 0.1) is 5.41 Å². The van der Waals surface area contributed by atoms with Crippen LogP contribution in [-0.4, -0.2) is 38.7 Å². The van der Waals surface area contributed by atoms with Crippen molar-refractivity contribution in [2.24, 2.45) is 5.73 Å². The molecule has 1 aliphatic carbocycles. The fourth-order valence-corrected chi connectivity index (χ4v) is 6.82. The zero-order valence-corrected chi connectivity index (χ0v) is 24.7. The first-order chi connectivity index (χ1) is 19.6. The van der Waals surface area contributed by atoms with Crippen molar-refractivity contribution in [3.05, 3.63) is 88.5 Å². The van der Waals surface area contributed by atoms with Gasteiger partial charge in [0.1, 0.15) is 22.9 Å². The Labute approximate surface area is 241 Å². The summed E-state index contributed by atoms with van der Waals surface area (Å²) in [6.07, 6.45) is 7.74. The summed E-state index contributed by atoms with van der Waals surface area (Å²) in [6.45, 7) is 6.00. The van der Waals surface area contributed by atoms with Gasteiger partial charge < -0.3 is 25.4 Å². The van der Waals surface area contributed by atoms with Gasteiger partial charge in [-0.3, -0.25) is 4.79 Å². The second-order valence-electron chi connectivity index (χ2n) is 11.8. The number of carbonyl (C=O) groups excluding carboxylic acids is 1. The van der Waals surface area contributed by atoms with Crippen LogP contribution in [0.4, 0.5) is 5.69 Å². The number of H-pyrrole nitrogens is 1. The van der Waals surface area contributed by atoms with Gasteiger partial charge in [0, 0.05) is 53.3 Å². The molecule has 1 saturated heterocycles. The molecule has 0 bridgehead atoms. The number of piperidine rings is 1. The number of rotatable bonds is 8. The third-order valence-corrected chi connectivity index (χ3v) is 9.91. The van der Waals surface area contributed by atoms with E-state index in [4.69, 9.17) is 10.2 Å². The maximum absolute atomic E-state index is 14.2. The average Bonchev–Trinajstić information content (AvgIpc) is 3.49. The summed E-state index contributed by atoms with van der Waals surface area (Å²) in [5, 5.41) is 2.96. The number of benzene rings is 2. The Bertz CT molecular complexity index is 1710. The predicted molar refractivity (Wildman–Crippen MR) is 162 cm³/mol. The summed E-state index contributed by atoms with van der Waals surface area (Å²) in [7, 11) is -3.49. The van der Waals surface area contributed by atoms with Gasteiger partial charge in [-0.25, -0.2) is 8.42 Å². The van der Waals surface area contributed by atoms with Gasteiger partial charge in [-0.1, -0.05) is 18.2 Å². The number of anilines is 1. The minimum absolute atomic E-state index is 0.0643. The van der Waals surface area contributed by atoms with Crippen LogP contribution in [0.15, 0.2) is 59.1 Å². The van der Waals surface area contributed by atoms with E-state index in [1.807, 2.05) is 37.3 Å². The van der Waals surface area contributed by atoms with E-state index in [1.54, 1.807) is 6.20 Å². The zero-order valence-electron chi connectivity index (χ0n) is 23.9. The Kier molecular flexibility index (Phi) is 6.98. The van der Waals surface area contributed by atoms with Crippen molar-refractivity contribution in [2.45, 2.75) is 62.8 Å². The molecule has 9 heteroatoms.